The van der Waals surface area contributed by atoms with Crippen LogP contribution in [0.2, 0.25) is 0 Å². The Bertz CT molecular complexity index is 1360. The number of anilines is 4. The van der Waals surface area contributed by atoms with E-state index in [0.29, 0.717) is 11.8 Å². The van der Waals surface area contributed by atoms with Gasteiger partial charge in [-0.25, -0.2) is 15.0 Å². The van der Waals surface area contributed by atoms with Crippen LogP contribution in [-0.4, -0.2) is 59.0 Å². The average Bonchev–Trinajstić information content (AvgIpc) is 2.85. The first-order chi connectivity index (χ1) is 17.0. The minimum Gasteiger partial charge on any atom is -0.369 e. The standard InChI is InChI=1S/C27H29N7O/c1-18-15-22(8-9-24(18)34-13-11-33(3)12-14-34)31-27-29-17-21-5-4-6-23(26(21)32-27)20-7-10-25(28-16-20)30-19(2)35/h4-10,15-17H,11-14H2,1-3H3,(H,28,30,35)(H,29,31,32). The van der Waals surface area contributed by atoms with Gasteiger partial charge in [-0.2, -0.15) is 0 Å². The van der Waals surface area contributed by atoms with Gasteiger partial charge in [-0.05, 0) is 49.9 Å². The monoisotopic (exact) mass is 467 g/mol. The molecule has 0 atom stereocenters. The van der Waals surface area contributed by atoms with Crippen LogP contribution in [0.1, 0.15) is 12.5 Å². The minimum absolute atomic E-state index is 0.148. The van der Waals surface area contributed by atoms with Crippen LogP contribution in [0.25, 0.3) is 22.0 Å². The Morgan fingerprint density at radius 1 is 0.971 bits per heavy atom. The molecule has 0 aliphatic carbocycles. The lowest BCUT2D eigenvalue weighted by molar-refractivity contribution is -0.114. The second-order valence-electron chi connectivity index (χ2n) is 8.97. The molecule has 0 radical (unpaired) electrons. The maximum atomic E-state index is 11.3. The number of piperazine rings is 1. The van der Waals surface area contributed by atoms with Gasteiger partial charge in [-0.15, -0.1) is 0 Å². The van der Waals surface area contributed by atoms with Crippen molar-refractivity contribution in [3.8, 4) is 11.1 Å². The molecule has 5 rings (SSSR count). The normalized spacial score (nSPS) is 14.2. The maximum Gasteiger partial charge on any atom is 0.227 e. The lowest BCUT2D eigenvalue weighted by Crippen LogP contribution is -2.44. The lowest BCUT2D eigenvalue weighted by atomic mass is 10.0. The molecular formula is C27H29N7O. The molecule has 0 saturated carbocycles. The van der Waals surface area contributed by atoms with Gasteiger partial charge in [0.15, 0.2) is 0 Å². The van der Waals surface area contributed by atoms with Crippen LogP contribution in [0.5, 0.6) is 0 Å². The predicted molar refractivity (Wildman–Crippen MR) is 141 cm³/mol. The topological polar surface area (TPSA) is 86.3 Å². The highest BCUT2D eigenvalue weighted by molar-refractivity contribution is 5.94. The number of amides is 1. The summed E-state index contributed by atoms with van der Waals surface area (Å²) in [4.78, 5) is 29.8. The van der Waals surface area contributed by atoms with Crippen LogP contribution < -0.4 is 15.5 Å². The Labute approximate surface area is 205 Å². The van der Waals surface area contributed by atoms with Gasteiger partial charge in [0, 0.05) is 73.4 Å². The van der Waals surface area contributed by atoms with Crippen LogP contribution in [0.3, 0.4) is 0 Å². The molecule has 2 N–H and O–H groups in total. The summed E-state index contributed by atoms with van der Waals surface area (Å²) < 4.78 is 0. The number of aromatic nitrogens is 3. The van der Waals surface area contributed by atoms with Gasteiger partial charge < -0.3 is 20.4 Å². The van der Waals surface area contributed by atoms with E-state index in [1.807, 2.05) is 30.5 Å². The Balaban J connectivity index is 1.40. The summed E-state index contributed by atoms with van der Waals surface area (Å²) in [5, 5.41) is 7.01. The van der Waals surface area contributed by atoms with E-state index in [9.17, 15) is 4.79 Å². The molecule has 4 aromatic rings. The van der Waals surface area contributed by atoms with Crippen molar-refractivity contribution in [1.82, 2.24) is 19.9 Å². The van der Waals surface area contributed by atoms with Crippen LogP contribution >= 0.6 is 0 Å². The summed E-state index contributed by atoms with van der Waals surface area (Å²) in [6, 6.07) is 16.1. The smallest absolute Gasteiger partial charge is 0.227 e. The minimum atomic E-state index is -0.148. The SMILES string of the molecule is CC(=O)Nc1ccc(-c2cccc3cnc(Nc4ccc(N5CCN(C)CC5)c(C)c4)nc23)cn1. The number of aryl methyl sites for hydroxylation is 1. The molecule has 1 aliphatic heterocycles. The van der Waals surface area contributed by atoms with E-state index in [2.05, 4.69) is 62.6 Å². The first-order valence-corrected chi connectivity index (χ1v) is 11.8. The molecule has 8 nitrogen and oxygen atoms in total. The molecule has 0 bridgehead atoms. The highest BCUT2D eigenvalue weighted by atomic mass is 16.1. The quantitative estimate of drug-likeness (QED) is 0.448. The number of pyridine rings is 1. The fourth-order valence-corrected chi connectivity index (χ4v) is 4.42. The molecule has 8 heteroatoms. The number of hydrogen-bond acceptors (Lipinski definition) is 7. The summed E-state index contributed by atoms with van der Waals surface area (Å²) in [7, 11) is 2.17. The molecule has 1 fully saturated rings. The van der Waals surface area contributed by atoms with E-state index in [-0.39, 0.29) is 5.91 Å². The summed E-state index contributed by atoms with van der Waals surface area (Å²) in [6.07, 6.45) is 3.58. The molecule has 178 valence electrons. The number of fused-ring (bicyclic) bond motifs is 1. The number of nitrogens with zero attached hydrogens (tertiary/aromatic N) is 5. The van der Waals surface area contributed by atoms with Crippen molar-refractivity contribution in [1.29, 1.82) is 0 Å². The fourth-order valence-electron chi connectivity index (χ4n) is 4.42. The van der Waals surface area contributed by atoms with Crippen molar-refractivity contribution >= 4 is 40.0 Å². The van der Waals surface area contributed by atoms with Gasteiger partial charge in [0.25, 0.3) is 0 Å². The van der Waals surface area contributed by atoms with Crippen molar-refractivity contribution in [3.63, 3.8) is 0 Å². The van der Waals surface area contributed by atoms with Crippen molar-refractivity contribution in [2.45, 2.75) is 13.8 Å². The predicted octanol–water partition coefficient (Wildman–Crippen LogP) is 4.45. The third-order valence-corrected chi connectivity index (χ3v) is 6.29. The third kappa shape index (κ3) is 5.07. The van der Waals surface area contributed by atoms with Gasteiger partial charge in [0.05, 0.1) is 5.52 Å². The van der Waals surface area contributed by atoms with Gasteiger partial charge in [-0.3, -0.25) is 4.79 Å². The van der Waals surface area contributed by atoms with Crippen molar-refractivity contribution in [2.75, 3.05) is 48.8 Å². The Morgan fingerprint density at radius 3 is 2.51 bits per heavy atom. The highest BCUT2D eigenvalue weighted by Crippen LogP contribution is 2.29. The van der Waals surface area contributed by atoms with Crippen LogP contribution in [0.4, 0.5) is 23.1 Å². The number of likely N-dealkylation sites (N-methyl/N-ethyl adjacent to an activating group) is 1. The number of rotatable bonds is 5. The van der Waals surface area contributed by atoms with Crippen molar-refractivity contribution in [2.24, 2.45) is 0 Å². The van der Waals surface area contributed by atoms with E-state index < -0.39 is 0 Å². The zero-order valence-electron chi connectivity index (χ0n) is 20.2. The van der Waals surface area contributed by atoms with E-state index in [0.717, 1.165) is 53.9 Å². The molecule has 2 aromatic heterocycles. The Morgan fingerprint density at radius 2 is 1.80 bits per heavy atom. The number of nitrogens with one attached hydrogen (secondary N) is 2. The Kier molecular flexibility index (Phi) is 6.29. The summed E-state index contributed by atoms with van der Waals surface area (Å²) >= 11 is 0. The third-order valence-electron chi connectivity index (χ3n) is 6.29. The molecule has 0 spiro atoms. The number of para-hydroxylation sites is 1. The van der Waals surface area contributed by atoms with E-state index >= 15 is 0 Å². The van der Waals surface area contributed by atoms with E-state index in [1.54, 1.807) is 12.3 Å². The van der Waals surface area contributed by atoms with Crippen LogP contribution in [-0.2, 0) is 4.79 Å². The zero-order chi connectivity index (χ0) is 24.4. The fraction of sp³-hybridized carbons (Fsp3) is 0.259. The second-order valence-corrected chi connectivity index (χ2v) is 8.97. The average molecular weight is 468 g/mol. The molecule has 0 unspecified atom stereocenters. The molecule has 1 saturated heterocycles. The number of carbonyl (C=O) groups is 1. The van der Waals surface area contributed by atoms with Crippen LogP contribution in [0, 0.1) is 6.92 Å². The lowest BCUT2D eigenvalue weighted by Gasteiger charge is -2.35. The van der Waals surface area contributed by atoms with E-state index in [1.165, 1.54) is 18.2 Å². The van der Waals surface area contributed by atoms with Crippen molar-refractivity contribution < 1.29 is 4.79 Å². The number of benzene rings is 2. The van der Waals surface area contributed by atoms with Crippen LogP contribution in [0.15, 0.2) is 60.9 Å². The molecule has 1 amide bonds. The van der Waals surface area contributed by atoms with Gasteiger partial charge in [-0.1, -0.05) is 18.2 Å². The second kappa shape index (κ2) is 9.68. The van der Waals surface area contributed by atoms with Gasteiger partial charge in [0.1, 0.15) is 5.82 Å². The summed E-state index contributed by atoms with van der Waals surface area (Å²) in [5.41, 5.74) is 6.17. The molecule has 3 heterocycles. The molecular weight excluding hydrogens is 438 g/mol. The highest BCUT2D eigenvalue weighted by Gasteiger charge is 2.16. The number of carbonyl (C=O) groups excluding carboxylic acids is 1. The molecule has 1 aliphatic rings. The van der Waals surface area contributed by atoms with Gasteiger partial charge >= 0.3 is 0 Å². The first-order valence-electron chi connectivity index (χ1n) is 11.8. The molecule has 2 aromatic carbocycles. The van der Waals surface area contributed by atoms with Gasteiger partial charge in [0.2, 0.25) is 11.9 Å². The summed E-state index contributed by atoms with van der Waals surface area (Å²) in [6.45, 7) is 7.86. The zero-order valence-corrected chi connectivity index (χ0v) is 20.2. The van der Waals surface area contributed by atoms with Crippen molar-refractivity contribution in [3.05, 3.63) is 66.5 Å². The summed E-state index contributed by atoms with van der Waals surface area (Å²) in [5.74, 6) is 0.916. The molecule has 35 heavy (non-hydrogen) atoms. The first kappa shape index (κ1) is 22.7. The number of hydrogen-bond donors (Lipinski definition) is 2. The Hall–Kier alpha value is -4.04. The maximum absolute atomic E-state index is 11.3. The van der Waals surface area contributed by atoms with E-state index in [4.69, 9.17) is 4.98 Å². The largest absolute Gasteiger partial charge is 0.369 e.